The lowest BCUT2D eigenvalue weighted by Crippen LogP contribution is -2.12. The third-order valence-electron chi connectivity index (χ3n) is 3.25. The highest BCUT2D eigenvalue weighted by Gasteiger charge is 2.19. The number of hydrogen-bond acceptors (Lipinski definition) is 4. The molecule has 0 fully saturated rings. The van der Waals surface area contributed by atoms with E-state index in [1.807, 2.05) is 0 Å². The van der Waals surface area contributed by atoms with E-state index in [9.17, 15) is 18.3 Å². The molecule has 0 heterocycles. The van der Waals surface area contributed by atoms with Crippen LogP contribution in [0.2, 0.25) is 0 Å². The quantitative estimate of drug-likeness (QED) is 0.849. The second-order valence-electron chi connectivity index (χ2n) is 4.77. The number of Topliss-reactive ketones (excluding diaryl/α,β-unsaturated/α-hetero) is 1. The van der Waals surface area contributed by atoms with Gasteiger partial charge in [0, 0.05) is 49.5 Å². The van der Waals surface area contributed by atoms with E-state index < -0.39 is 33.5 Å². The molecule has 0 aliphatic carbocycles. The monoisotopic (exact) mass is 336 g/mol. The molecule has 6 heteroatoms. The number of aliphatic hydroxyl groups is 1. The van der Waals surface area contributed by atoms with Crippen LogP contribution in [0.3, 0.4) is 0 Å². The van der Waals surface area contributed by atoms with Crippen LogP contribution in [0.15, 0.2) is 58.3 Å². The van der Waals surface area contributed by atoms with Crippen molar-refractivity contribution in [2.24, 2.45) is 0 Å². The Labute approximate surface area is 134 Å². The molecule has 0 aromatic heterocycles. The van der Waals surface area contributed by atoms with E-state index in [2.05, 4.69) is 0 Å². The fourth-order valence-electron chi connectivity index (χ4n) is 1.96. The molecule has 4 nitrogen and oxygen atoms in total. The summed E-state index contributed by atoms with van der Waals surface area (Å²) in [6, 6.07) is 12.8. The minimum Gasteiger partial charge on any atom is -0.380 e. The Morgan fingerprint density at radius 3 is 1.68 bits per heavy atom. The molecule has 2 aromatic rings. The first-order chi connectivity index (χ1) is 10.4. The average Bonchev–Trinajstić information content (AvgIpc) is 2.53. The minimum atomic E-state index is -1.28. The summed E-state index contributed by atoms with van der Waals surface area (Å²) in [5.74, 6) is -0.432. The van der Waals surface area contributed by atoms with Crippen LogP contribution >= 0.6 is 0 Å². The van der Waals surface area contributed by atoms with Gasteiger partial charge in [0.2, 0.25) is 0 Å². The van der Waals surface area contributed by atoms with E-state index >= 15 is 0 Å². The molecule has 0 radical (unpaired) electrons. The molecular weight excluding hydrogens is 320 g/mol. The number of ketones is 1. The number of benzene rings is 2. The zero-order valence-electron chi connectivity index (χ0n) is 12.2. The van der Waals surface area contributed by atoms with E-state index in [-0.39, 0.29) is 0 Å². The van der Waals surface area contributed by atoms with Crippen LogP contribution in [-0.2, 0) is 21.6 Å². The molecule has 3 atom stereocenters. The lowest BCUT2D eigenvalue weighted by atomic mass is 10.0. The normalized spacial score (nSPS) is 15.0. The topological polar surface area (TPSA) is 71.4 Å². The number of aliphatic hydroxyl groups excluding tert-OH is 1. The molecule has 22 heavy (non-hydrogen) atoms. The molecule has 0 bridgehead atoms. The molecule has 0 unspecified atom stereocenters. The highest BCUT2D eigenvalue weighted by Crippen LogP contribution is 2.20. The Morgan fingerprint density at radius 1 is 0.864 bits per heavy atom. The first-order valence-corrected chi connectivity index (χ1v) is 9.61. The molecule has 2 aromatic carbocycles. The van der Waals surface area contributed by atoms with Gasteiger partial charge in [-0.25, -0.2) is 0 Å². The first kappa shape index (κ1) is 16.7. The van der Waals surface area contributed by atoms with E-state index in [0.29, 0.717) is 20.9 Å². The number of rotatable bonds is 5. The summed E-state index contributed by atoms with van der Waals surface area (Å²) in [6.45, 7) is 0. The fourth-order valence-corrected chi connectivity index (χ4v) is 3.00. The maximum Gasteiger partial charge on any atom is 0.195 e. The van der Waals surface area contributed by atoms with Gasteiger partial charge < -0.3 is 5.11 Å². The van der Waals surface area contributed by atoms with Gasteiger partial charge in [-0.05, 0) is 29.8 Å². The average molecular weight is 336 g/mol. The van der Waals surface area contributed by atoms with E-state index in [0.717, 1.165) is 0 Å². The second-order valence-corrected chi connectivity index (χ2v) is 7.53. The first-order valence-electron chi connectivity index (χ1n) is 6.49. The van der Waals surface area contributed by atoms with E-state index in [4.69, 9.17) is 0 Å². The second kappa shape index (κ2) is 7.09. The number of hydrogen-bond donors (Lipinski definition) is 1. The summed E-state index contributed by atoms with van der Waals surface area (Å²) in [6.07, 6.45) is 1.85. The largest absolute Gasteiger partial charge is 0.380 e. The van der Waals surface area contributed by atoms with Crippen molar-refractivity contribution >= 4 is 27.4 Å². The lowest BCUT2D eigenvalue weighted by molar-refractivity contribution is 0.0747. The molecule has 2 rings (SSSR count). The Hall–Kier alpha value is -1.63. The Balaban J connectivity index is 2.20. The number of carbonyl (C=O) groups excluding carboxylic acids is 1. The molecule has 0 amide bonds. The maximum atomic E-state index is 12.3. The van der Waals surface area contributed by atoms with Crippen LogP contribution in [0.25, 0.3) is 0 Å². The molecule has 0 aliphatic heterocycles. The van der Waals surface area contributed by atoms with Crippen molar-refractivity contribution in [3.63, 3.8) is 0 Å². The van der Waals surface area contributed by atoms with Crippen molar-refractivity contribution < 1.29 is 18.3 Å². The highest BCUT2D eigenvalue weighted by atomic mass is 32.2. The summed E-state index contributed by atoms with van der Waals surface area (Å²) < 4.78 is 22.6. The van der Waals surface area contributed by atoms with Crippen LogP contribution in [-0.4, -0.2) is 31.8 Å². The number of carbonyl (C=O) groups is 1. The lowest BCUT2D eigenvalue weighted by Gasteiger charge is -2.11. The van der Waals surface area contributed by atoms with E-state index in [1.165, 1.54) is 0 Å². The van der Waals surface area contributed by atoms with Gasteiger partial charge >= 0.3 is 0 Å². The SMILES string of the molecule is C[S@](=O)c1ccc([C@H](O)C(=O)c2ccc([S@@](C)=O)cc2)cc1. The van der Waals surface area contributed by atoms with E-state index in [1.54, 1.807) is 61.0 Å². The Bertz CT molecular complexity index is 721. The van der Waals surface area contributed by atoms with Gasteiger partial charge in [0.15, 0.2) is 5.78 Å². The highest BCUT2D eigenvalue weighted by molar-refractivity contribution is 7.84. The molecule has 1 N–H and O–H groups in total. The summed E-state index contributed by atoms with van der Waals surface area (Å²) >= 11 is 0. The van der Waals surface area contributed by atoms with Crippen molar-refractivity contribution in [2.45, 2.75) is 15.9 Å². The third kappa shape index (κ3) is 3.76. The van der Waals surface area contributed by atoms with Crippen molar-refractivity contribution in [3.05, 3.63) is 59.7 Å². The van der Waals surface area contributed by atoms with Crippen LogP contribution in [0, 0.1) is 0 Å². The van der Waals surface area contributed by atoms with Crippen LogP contribution in [0.1, 0.15) is 22.0 Å². The van der Waals surface area contributed by atoms with Gasteiger partial charge in [-0.15, -0.1) is 0 Å². The zero-order valence-corrected chi connectivity index (χ0v) is 13.8. The predicted octanol–water partition coefficient (Wildman–Crippen LogP) is 2.08. The molecular formula is C16H16O4S2. The Morgan fingerprint density at radius 2 is 1.27 bits per heavy atom. The molecule has 116 valence electrons. The summed E-state index contributed by atoms with van der Waals surface area (Å²) in [5, 5.41) is 10.2. The predicted molar refractivity (Wildman–Crippen MR) is 86.8 cm³/mol. The molecule has 0 aliphatic rings. The standard InChI is InChI=1S/C16H16O4S2/c1-21(19)13-7-3-11(4-8-13)15(17)16(18)12-5-9-14(10-6-12)22(2)20/h3-10,15,17H,1-2H3/t15-,21-,22+/m0/s1. The van der Waals surface area contributed by atoms with Crippen molar-refractivity contribution in [2.75, 3.05) is 12.5 Å². The smallest absolute Gasteiger partial charge is 0.195 e. The zero-order chi connectivity index (χ0) is 16.3. The van der Waals surface area contributed by atoms with Crippen LogP contribution in [0.5, 0.6) is 0 Å². The van der Waals surface area contributed by atoms with Gasteiger partial charge in [0.05, 0.1) is 0 Å². The fraction of sp³-hybridized carbons (Fsp3) is 0.188. The molecule has 0 spiro atoms. The summed E-state index contributed by atoms with van der Waals surface area (Å²) in [5.41, 5.74) is 0.798. The summed E-state index contributed by atoms with van der Waals surface area (Å²) in [4.78, 5) is 13.5. The van der Waals surface area contributed by atoms with Gasteiger partial charge in [0.25, 0.3) is 0 Å². The Kier molecular flexibility index (Phi) is 5.39. The van der Waals surface area contributed by atoms with Gasteiger partial charge in [0.1, 0.15) is 6.10 Å². The van der Waals surface area contributed by atoms with Gasteiger partial charge in [-0.1, -0.05) is 24.3 Å². The van der Waals surface area contributed by atoms with Crippen LogP contribution in [0.4, 0.5) is 0 Å². The van der Waals surface area contributed by atoms with Crippen molar-refractivity contribution in [3.8, 4) is 0 Å². The molecule has 0 saturated heterocycles. The minimum absolute atomic E-state index is 0.352. The third-order valence-corrected chi connectivity index (χ3v) is 5.12. The summed E-state index contributed by atoms with van der Waals surface area (Å²) in [7, 11) is -2.21. The maximum absolute atomic E-state index is 12.3. The van der Waals surface area contributed by atoms with Crippen LogP contribution < -0.4 is 0 Å². The van der Waals surface area contributed by atoms with Gasteiger partial charge in [-0.2, -0.15) is 0 Å². The van der Waals surface area contributed by atoms with Crippen molar-refractivity contribution in [1.29, 1.82) is 0 Å². The van der Waals surface area contributed by atoms with Crippen molar-refractivity contribution in [1.82, 2.24) is 0 Å². The van der Waals surface area contributed by atoms with Gasteiger partial charge in [-0.3, -0.25) is 13.2 Å². The molecule has 0 saturated carbocycles.